The number of ether oxygens (including phenoxy) is 1. The fourth-order valence-electron chi connectivity index (χ4n) is 2.38. The number of nitrogens with zero attached hydrogens (tertiary/aromatic N) is 2. The lowest BCUT2D eigenvalue weighted by atomic mass is 10.1. The Balaban J connectivity index is 1.83. The van der Waals surface area contributed by atoms with E-state index in [0.717, 1.165) is 0 Å². The maximum atomic E-state index is 11.8. The van der Waals surface area contributed by atoms with E-state index < -0.39 is 23.6 Å². The Morgan fingerprint density at radius 3 is 2.30 bits per heavy atom. The summed E-state index contributed by atoms with van der Waals surface area (Å²) in [6, 6.07) is -0.0839. The van der Waals surface area contributed by atoms with Gasteiger partial charge in [-0.05, 0) is 20.8 Å². The molecule has 2 aliphatic rings. The third-order valence-corrected chi connectivity index (χ3v) is 3.46. The van der Waals surface area contributed by atoms with E-state index in [0.29, 0.717) is 13.1 Å². The summed E-state index contributed by atoms with van der Waals surface area (Å²) in [5.74, 6) is -1.71. The van der Waals surface area contributed by atoms with Crippen molar-refractivity contribution in [3.63, 3.8) is 0 Å². The molecule has 7 heteroatoms. The summed E-state index contributed by atoms with van der Waals surface area (Å²) in [5, 5.41) is 8.93. The number of carboxylic acid groups (broad SMARTS) is 1. The average molecular weight is 284 g/mol. The van der Waals surface area contributed by atoms with Crippen LogP contribution in [0.25, 0.3) is 0 Å². The van der Waals surface area contributed by atoms with Gasteiger partial charge < -0.3 is 19.6 Å². The van der Waals surface area contributed by atoms with Crippen molar-refractivity contribution in [1.82, 2.24) is 9.80 Å². The Morgan fingerprint density at radius 1 is 1.25 bits per heavy atom. The van der Waals surface area contributed by atoms with Crippen LogP contribution < -0.4 is 0 Å². The molecule has 112 valence electrons. The minimum absolute atomic E-state index is 0.0538. The quantitative estimate of drug-likeness (QED) is 0.799. The van der Waals surface area contributed by atoms with Crippen molar-refractivity contribution in [2.75, 3.05) is 19.6 Å². The normalized spacial score (nSPS) is 23.8. The number of amides is 2. The highest BCUT2D eigenvalue weighted by molar-refractivity contribution is 5.86. The lowest BCUT2D eigenvalue weighted by molar-refractivity contribution is -0.141. The molecule has 1 unspecified atom stereocenters. The van der Waals surface area contributed by atoms with Crippen LogP contribution in [-0.2, 0) is 14.3 Å². The highest BCUT2D eigenvalue weighted by atomic mass is 16.6. The number of hydrogen-bond donors (Lipinski definition) is 1. The van der Waals surface area contributed by atoms with Crippen LogP contribution in [0.15, 0.2) is 0 Å². The molecule has 0 aromatic heterocycles. The number of hydrogen-bond acceptors (Lipinski definition) is 4. The molecule has 0 bridgehead atoms. The van der Waals surface area contributed by atoms with Gasteiger partial charge in [0.15, 0.2) is 0 Å². The van der Waals surface area contributed by atoms with Crippen LogP contribution >= 0.6 is 0 Å². The van der Waals surface area contributed by atoms with Gasteiger partial charge in [-0.25, -0.2) is 4.79 Å². The number of carbonyl (C=O) groups is 3. The molecule has 2 saturated heterocycles. The molecule has 2 heterocycles. The van der Waals surface area contributed by atoms with Crippen molar-refractivity contribution >= 4 is 18.0 Å². The maximum absolute atomic E-state index is 11.8. The molecule has 0 radical (unpaired) electrons. The predicted molar refractivity (Wildman–Crippen MR) is 69.1 cm³/mol. The van der Waals surface area contributed by atoms with Gasteiger partial charge >= 0.3 is 12.1 Å². The van der Waals surface area contributed by atoms with E-state index in [4.69, 9.17) is 9.84 Å². The van der Waals surface area contributed by atoms with Gasteiger partial charge in [0, 0.05) is 26.1 Å². The van der Waals surface area contributed by atoms with E-state index in [1.807, 2.05) is 0 Å². The largest absolute Gasteiger partial charge is 0.481 e. The second-order valence-corrected chi connectivity index (χ2v) is 6.32. The zero-order valence-electron chi connectivity index (χ0n) is 12.0. The van der Waals surface area contributed by atoms with Crippen LogP contribution in [-0.4, -0.2) is 64.2 Å². The van der Waals surface area contributed by atoms with Gasteiger partial charge in [-0.15, -0.1) is 0 Å². The molecule has 0 spiro atoms. The first-order chi connectivity index (χ1) is 9.17. The van der Waals surface area contributed by atoms with Gasteiger partial charge in [0.1, 0.15) is 5.60 Å². The van der Waals surface area contributed by atoms with Gasteiger partial charge in [-0.1, -0.05) is 0 Å². The molecule has 2 aliphatic heterocycles. The Hall–Kier alpha value is -1.79. The third kappa shape index (κ3) is 3.02. The van der Waals surface area contributed by atoms with Gasteiger partial charge in [0.05, 0.1) is 12.0 Å². The molecule has 0 saturated carbocycles. The van der Waals surface area contributed by atoms with Crippen molar-refractivity contribution in [2.24, 2.45) is 5.92 Å². The Kier molecular flexibility index (Phi) is 3.62. The Labute approximate surface area is 117 Å². The predicted octanol–water partition coefficient (Wildman–Crippen LogP) is 0.539. The molecule has 0 aromatic carbocycles. The molecular weight excluding hydrogens is 264 g/mol. The molecule has 0 aliphatic carbocycles. The summed E-state index contributed by atoms with van der Waals surface area (Å²) in [7, 11) is 0. The van der Waals surface area contributed by atoms with E-state index in [-0.39, 0.29) is 24.9 Å². The van der Waals surface area contributed by atoms with E-state index in [2.05, 4.69) is 0 Å². The highest BCUT2D eigenvalue weighted by Gasteiger charge is 2.44. The topological polar surface area (TPSA) is 87.2 Å². The number of carboxylic acids is 1. The summed E-state index contributed by atoms with van der Waals surface area (Å²) in [5.41, 5.74) is -0.542. The Bertz CT molecular complexity index is 437. The first-order valence-corrected chi connectivity index (χ1v) is 6.67. The minimum atomic E-state index is -0.941. The molecule has 2 fully saturated rings. The van der Waals surface area contributed by atoms with Crippen LogP contribution in [0.1, 0.15) is 27.2 Å². The van der Waals surface area contributed by atoms with Crippen LogP contribution in [0, 0.1) is 5.92 Å². The summed E-state index contributed by atoms with van der Waals surface area (Å²) in [6.45, 7) is 6.44. The lowest BCUT2D eigenvalue weighted by Crippen LogP contribution is -2.62. The maximum Gasteiger partial charge on any atom is 0.410 e. The second kappa shape index (κ2) is 4.96. The fourth-order valence-corrected chi connectivity index (χ4v) is 2.38. The number of likely N-dealkylation sites (tertiary alicyclic amines) is 2. The van der Waals surface area contributed by atoms with Gasteiger partial charge in [0.2, 0.25) is 5.91 Å². The van der Waals surface area contributed by atoms with Crippen LogP contribution in [0.3, 0.4) is 0 Å². The van der Waals surface area contributed by atoms with E-state index in [1.54, 1.807) is 25.7 Å². The van der Waals surface area contributed by atoms with E-state index >= 15 is 0 Å². The van der Waals surface area contributed by atoms with Gasteiger partial charge in [-0.3, -0.25) is 9.59 Å². The smallest absolute Gasteiger partial charge is 0.410 e. The van der Waals surface area contributed by atoms with Gasteiger partial charge in [0.25, 0.3) is 0 Å². The first-order valence-electron chi connectivity index (χ1n) is 6.67. The monoisotopic (exact) mass is 284 g/mol. The number of rotatable bonds is 2. The summed E-state index contributed by atoms with van der Waals surface area (Å²) < 4.78 is 5.23. The summed E-state index contributed by atoms with van der Waals surface area (Å²) >= 11 is 0. The molecule has 2 amide bonds. The van der Waals surface area contributed by atoms with Crippen LogP contribution in [0.5, 0.6) is 0 Å². The molecule has 2 rings (SSSR count). The van der Waals surface area contributed by atoms with Crippen molar-refractivity contribution in [3.8, 4) is 0 Å². The molecular formula is C13H20N2O5. The second-order valence-electron chi connectivity index (χ2n) is 6.32. The minimum Gasteiger partial charge on any atom is -0.481 e. The number of aliphatic carboxylic acids is 1. The molecule has 1 N–H and O–H groups in total. The molecule has 20 heavy (non-hydrogen) atoms. The highest BCUT2D eigenvalue weighted by Crippen LogP contribution is 2.26. The molecule has 1 atom stereocenters. The van der Waals surface area contributed by atoms with E-state index in [1.165, 1.54) is 4.90 Å². The van der Waals surface area contributed by atoms with Crippen molar-refractivity contribution in [2.45, 2.75) is 38.8 Å². The third-order valence-electron chi connectivity index (χ3n) is 3.46. The van der Waals surface area contributed by atoms with Crippen molar-refractivity contribution in [3.05, 3.63) is 0 Å². The first kappa shape index (κ1) is 14.6. The fraction of sp³-hybridized carbons (Fsp3) is 0.769. The zero-order chi connectivity index (χ0) is 15.1. The van der Waals surface area contributed by atoms with Crippen LogP contribution in [0.4, 0.5) is 4.79 Å². The van der Waals surface area contributed by atoms with Crippen LogP contribution in [0.2, 0.25) is 0 Å². The zero-order valence-corrected chi connectivity index (χ0v) is 12.0. The molecule has 0 aromatic rings. The SMILES string of the molecule is CC(C)(C)OC(=O)N1CC(N2CC(C(=O)O)CC2=O)C1. The summed E-state index contributed by atoms with van der Waals surface area (Å²) in [4.78, 5) is 37.5. The van der Waals surface area contributed by atoms with Crippen molar-refractivity contribution in [1.29, 1.82) is 0 Å². The van der Waals surface area contributed by atoms with E-state index in [9.17, 15) is 14.4 Å². The summed E-state index contributed by atoms with van der Waals surface area (Å²) in [6.07, 6.45) is -0.340. The van der Waals surface area contributed by atoms with Crippen molar-refractivity contribution < 1.29 is 24.2 Å². The Morgan fingerprint density at radius 2 is 1.85 bits per heavy atom. The number of carbonyl (C=O) groups excluding carboxylic acids is 2. The standard InChI is InChI=1S/C13H20N2O5/c1-13(2,3)20-12(19)14-6-9(7-14)15-5-8(11(17)18)4-10(15)16/h8-9H,4-7H2,1-3H3,(H,17,18). The van der Waals surface area contributed by atoms with Gasteiger partial charge in [-0.2, -0.15) is 0 Å². The average Bonchev–Trinajstić information content (AvgIpc) is 2.56. The molecule has 7 nitrogen and oxygen atoms in total. The lowest BCUT2D eigenvalue weighted by Gasteiger charge is -2.44.